The molecular weight excluding hydrogens is 242 g/mol. The molecule has 0 saturated heterocycles. The molecule has 0 bridgehead atoms. The van der Waals surface area contributed by atoms with Crippen molar-refractivity contribution in [3.8, 4) is 0 Å². The standard InChI is InChI=1S/C19H21N/c1-14(2)12-15-8-9-16-10-11-20-19(18(16)13-15)17-6-4-3-5-7-17/h3-9,13-14H,10-12H2,1-2H3. The third kappa shape index (κ3) is 2.67. The van der Waals surface area contributed by atoms with Gasteiger partial charge in [0.25, 0.3) is 0 Å². The van der Waals surface area contributed by atoms with E-state index in [2.05, 4.69) is 62.4 Å². The first-order chi connectivity index (χ1) is 9.74. The van der Waals surface area contributed by atoms with Crippen molar-refractivity contribution < 1.29 is 0 Å². The van der Waals surface area contributed by atoms with Crippen LogP contribution in [-0.2, 0) is 12.8 Å². The molecule has 0 spiro atoms. The molecule has 0 aliphatic carbocycles. The quantitative estimate of drug-likeness (QED) is 0.784. The fourth-order valence-corrected chi connectivity index (χ4v) is 2.88. The molecule has 20 heavy (non-hydrogen) atoms. The summed E-state index contributed by atoms with van der Waals surface area (Å²) in [6.07, 6.45) is 2.20. The molecule has 1 aliphatic rings. The second-order valence-electron chi connectivity index (χ2n) is 5.94. The van der Waals surface area contributed by atoms with E-state index < -0.39 is 0 Å². The first-order valence-electron chi connectivity index (χ1n) is 7.46. The van der Waals surface area contributed by atoms with Gasteiger partial charge in [0.2, 0.25) is 0 Å². The summed E-state index contributed by atoms with van der Waals surface area (Å²) >= 11 is 0. The average molecular weight is 263 g/mol. The molecule has 0 fully saturated rings. The van der Waals surface area contributed by atoms with E-state index in [-0.39, 0.29) is 0 Å². The third-order valence-electron chi connectivity index (χ3n) is 3.77. The van der Waals surface area contributed by atoms with E-state index in [0.29, 0.717) is 5.92 Å². The van der Waals surface area contributed by atoms with Crippen LogP contribution in [0.25, 0.3) is 0 Å². The molecule has 1 heteroatoms. The molecule has 2 aromatic carbocycles. The normalized spacial score (nSPS) is 14.1. The van der Waals surface area contributed by atoms with Crippen molar-refractivity contribution in [2.24, 2.45) is 10.9 Å². The first kappa shape index (κ1) is 13.1. The van der Waals surface area contributed by atoms with Crippen LogP contribution in [-0.4, -0.2) is 12.3 Å². The number of hydrogen-bond acceptors (Lipinski definition) is 1. The monoisotopic (exact) mass is 263 g/mol. The van der Waals surface area contributed by atoms with Crippen molar-refractivity contribution in [2.75, 3.05) is 6.54 Å². The Morgan fingerprint density at radius 2 is 1.85 bits per heavy atom. The van der Waals surface area contributed by atoms with Gasteiger partial charge in [0.05, 0.1) is 5.71 Å². The highest BCUT2D eigenvalue weighted by molar-refractivity contribution is 6.14. The van der Waals surface area contributed by atoms with Gasteiger partial charge >= 0.3 is 0 Å². The minimum absolute atomic E-state index is 0.689. The van der Waals surface area contributed by atoms with Crippen molar-refractivity contribution in [3.05, 3.63) is 70.8 Å². The molecule has 0 unspecified atom stereocenters. The van der Waals surface area contributed by atoms with Crippen LogP contribution in [0.15, 0.2) is 53.5 Å². The predicted molar refractivity (Wildman–Crippen MR) is 85.6 cm³/mol. The summed E-state index contributed by atoms with van der Waals surface area (Å²) in [5.41, 5.74) is 6.59. The summed E-state index contributed by atoms with van der Waals surface area (Å²) in [6, 6.07) is 17.5. The molecule has 0 N–H and O–H groups in total. The third-order valence-corrected chi connectivity index (χ3v) is 3.77. The Bertz CT molecular complexity index is 623. The van der Waals surface area contributed by atoms with Gasteiger partial charge in [-0.1, -0.05) is 56.3 Å². The van der Waals surface area contributed by atoms with E-state index >= 15 is 0 Å². The molecule has 102 valence electrons. The molecule has 1 heterocycles. The Labute approximate surface area is 121 Å². The maximum absolute atomic E-state index is 4.78. The van der Waals surface area contributed by atoms with Gasteiger partial charge in [0.1, 0.15) is 0 Å². The minimum Gasteiger partial charge on any atom is -0.284 e. The summed E-state index contributed by atoms with van der Waals surface area (Å²) < 4.78 is 0. The van der Waals surface area contributed by atoms with E-state index in [1.807, 2.05) is 0 Å². The van der Waals surface area contributed by atoms with Crippen molar-refractivity contribution in [3.63, 3.8) is 0 Å². The molecule has 0 aromatic heterocycles. The summed E-state index contributed by atoms with van der Waals surface area (Å²) in [5.74, 6) is 0.689. The maximum Gasteiger partial charge on any atom is 0.0721 e. The van der Waals surface area contributed by atoms with Crippen LogP contribution in [0.1, 0.15) is 36.1 Å². The van der Waals surface area contributed by atoms with Gasteiger partial charge in [-0.3, -0.25) is 4.99 Å². The molecule has 0 atom stereocenters. The molecule has 0 radical (unpaired) electrons. The predicted octanol–water partition coefficient (Wildman–Crippen LogP) is 4.28. The van der Waals surface area contributed by atoms with Gasteiger partial charge in [-0.25, -0.2) is 0 Å². The summed E-state index contributed by atoms with van der Waals surface area (Å²) in [6.45, 7) is 5.44. The second-order valence-corrected chi connectivity index (χ2v) is 5.94. The number of hydrogen-bond donors (Lipinski definition) is 0. The number of aliphatic imine (C=N–C) groups is 1. The molecule has 1 nitrogen and oxygen atoms in total. The highest BCUT2D eigenvalue weighted by atomic mass is 14.7. The Balaban J connectivity index is 2.02. The van der Waals surface area contributed by atoms with E-state index in [1.165, 1.54) is 22.3 Å². The molecule has 0 saturated carbocycles. The molecule has 1 aliphatic heterocycles. The van der Waals surface area contributed by atoms with Crippen LogP contribution in [0.2, 0.25) is 0 Å². The van der Waals surface area contributed by atoms with Crippen LogP contribution in [0, 0.1) is 5.92 Å². The Morgan fingerprint density at radius 1 is 1.05 bits per heavy atom. The lowest BCUT2D eigenvalue weighted by Gasteiger charge is -2.19. The minimum atomic E-state index is 0.689. The number of rotatable bonds is 3. The van der Waals surface area contributed by atoms with Crippen molar-refractivity contribution in [1.82, 2.24) is 0 Å². The Kier molecular flexibility index (Phi) is 3.68. The largest absolute Gasteiger partial charge is 0.284 e. The van der Waals surface area contributed by atoms with Gasteiger partial charge in [-0.2, -0.15) is 0 Å². The SMILES string of the molecule is CC(C)Cc1ccc2c(c1)C(c1ccccc1)=NCC2. The van der Waals surface area contributed by atoms with Crippen LogP contribution >= 0.6 is 0 Å². The Hall–Kier alpha value is -1.89. The van der Waals surface area contributed by atoms with Gasteiger partial charge in [-0.05, 0) is 36.0 Å². The lowest BCUT2D eigenvalue weighted by molar-refractivity contribution is 0.647. The van der Waals surface area contributed by atoms with Crippen LogP contribution < -0.4 is 0 Å². The van der Waals surface area contributed by atoms with E-state index in [1.54, 1.807) is 0 Å². The van der Waals surface area contributed by atoms with Gasteiger partial charge in [0.15, 0.2) is 0 Å². The highest BCUT2D eigenvalue weighted by Gasteiger charge is 2.16. The van der Waals surface area contributed by atoms with Crippen LogP contribution in [0.5, 0.6) is 0 Å². The Morgan fingerprint density at radius 3 is 2.60 bits per heavy atom. The second kappa shape index (κ2) is 5.62. The zero-order valence-electron chi connectivity index (χ0n) is 12.3. The fraction of sp³-hybridized carbons (Fsp3) is 0.316. The van der Waals surface area contributed by atoms with Crippen molar-refractivity contribution >= 4 is 5.71 Å². The lowest BCUT2D eigenvalue weighted by Crippen LogP contribution is -2.14. The average Bonchev–Trinajstić information content (AvgIpc) is 2.47. The zero-order valence-corrected chi connectivity index (χ0v) is 12.3. The number of fused-ring (bicyclic) bond motifs is 1. The van der Waals surface area contributed by atoms with E-state index in [9.17, 15) is 0 Å². The van der Waals surface area contributed by atoms with E-state index in [0.717, 1.165) is 25.1 Å². The van der Waals surface area contributed by atoms with Crippen molar-refractivity contribution in [2.45, 2.75) is 26.7 Å². The summed E-state index contributed by atoms with van der Waals surface area (Å²) in [4.78, 5) is 4.78. The smallest absolute Gasteiger partial charge is 0.0721 e. The van der Waals surface area contributed by atoms with Gasteiger partial charge in [0, 0.05) is 17.7 Å². The topological polar surface area (TPSA) is 12.4 Å². The van der Waals surface area contributed by atoms with E-state index in [4.69, 9.17) is 4.99 Å². The number of nitrogens with zero attached hydrogens (tertiary/aromatic N) is 1. The molecule has 3 rings (SSSR count). The molecular formula is C19H21N. The first-order valence-corrected chi connectivity index (χ1v) is 7.46. The molecule has 2 aromatic rings. The lowest BCUT2D eigenvalue weighted by atomic mass is 9.90. The summed E-state index contributed by atoms with van der Waals surface area (Å²) in [7, 11) is 0. The number of benzene rings is 2. The van der Waals surface area contributed by atoms with Gasteiger partial charge < -0.3 is 0 Å². The highest BCUT2D eigenvalue weighted by Crippen LogP contribution is 2.23. The van der Waals surface area contributed by atoms with Crippen LogP contribution in [0.4, 0.5) is 0 Å². The maximum atomic E-state index is 4.78. The van der Waals surface area contributed by atoms with Gasteiger partial charge in [-0.15, -0.1) is 0 Å². The van der Waals surface area contributed by atoms with Crippen LogP contribution in [0.3, 0.4) is 0 Å². The van der Waals surface area contributed by atoms with Crippen molar-refractivity contribution in [1.29, 1.82) is 0 Å². The fourth-order valence-electron chi connectivity index (χ4n) is 2.88. The molecule has 0 amide bonds. The zero-order chi connectivity index (χ0) is 13.9. The summed E-state index contributed by atoms with van der Waals surface area (Å²) in [5, 5.41) is 0.